The number of aromatic nitrogens is 1. The van der Waals surface area contributed by atoms with Crippen LogP contribution in [-0.4, -0.2) is 22.4 Å². The number of para-hydroxylation sites is 1. The molecule has 0 unspecified atom stereocenters. The minimum absolute atomic E-state index is 0.148. The molecular formula is C26H16Cl2FN3O3. The number of amides is 4. The summed E-state index contributed by atoms with van der Waals surface area (Å²) in [4.78, 5) is 39.0. The molecule has 5 rings (SSSR count). The maximum absolute atomic E-state index is 13.3. The number of carbonyl (C=O) groups excluding carboxylic acids is 3. The van der Waals surface area contributed by atoms with Crippen molar-refractivity contribution in [3.05, 3.63) is 105 Å². The summed E-state index contributed by atoms with van der Waals surface area (Å²) < 4.78 is 15.3. The highest BCUT2D eigenvalue weighted by Gasteiger charge is 2.37. The Morgan fingerprint density at radius 2 is 1.66 bits per heavy atom. The van der Waals surface area contributed by atoms with Gasteiger partial charge in [0.05, 0.1) is 15.7 Å². The summed E-state index contributed by atoms with van der Waals surface area (Å²) in [5, 5.41) is 3.89. The van der Waals surface area contributed by atoms with Gasteiger partial charge in [-0.3, -0.25) is 14.9 Å². The van der Waals surface area contributed by atoms with Gasteiger partial charge in [0, 0.05) is 29.2 Å². The fourth-order valence-corrected chi connectivity index (χ4v) is 4.31. The molecule has 6 nitrogen and oxygen atoms in total. The van der Waals surface area contributed by atoms with Crippen LogP contribution in [0.15, 0.2) is 78.5 Å². The Labute approximate surface area is 209 Å². The Morgan fingerprint density at radius 1 is 0.914 bits per heavy atom. The zero-order valence-electron chi connectivity index (χ0n) is 18.0. The van der Waals surface area contributed by atoms with E-state index in [0.29, 0.717) is 22.2 Å². The van der Waals surface area contributed by atoms with Gasteiger partial charge < -0.3 is 4.57 Å². The number of nitrogens with one attached hydrogen (secondary N) is 1. The van der Waals surface area contributed by atoms with Crippen LogP contribution in [0, 0.1) is 5.82 Å². The highest BCUT2D eigenvalue weighted by molar-refractivity contribution is 6.42. The molecule has 1 aromatic heterocycles. The van der Waals surface area contributed by atoms with E-state index in [0.717, 1.165) is 33.5 Å². The lowest BCUT2D eigenvalue weighted by Crippen LogP contribution is -2.54. The van der Waals surface area contributed by atoms with E-state index in [2.05, 4.69) is 5.32 Å². The number of benzene rings is 3. The number of nitrogens with zero attached hydrogens (tertiary/aromatic N) is 2. The Bertz CT molecular complexity index is 1540. The Hall–Kier alpha value is -3.94. The van der Waals surface area contributed by atoms with E-state index in [1.54, 1.807) is 12.1 Å². The number of rotatable bonds is 4. The SMILES string of the molecule is O=C1NC(=O)N(c2ccc(F)cc2)C(=O)/C1=C/c1cn(Cc2ccc(Cl)c(Cl)c2)c2ccccc12. The van der Waals surface area contributed by atoms with Gasteiger partial charge >= 0.3 is 6.03 Å². The molecule has 0 saturated carbocycles. The lowest BCUT2D eigenvalue weighted by atomic mass is 10.1. The molecular weight excluding hydrogens is 492 g/mol. The van der Waals surface area contributed by atoms with E-state index in [4.69, 9.17) is 23.2 Å². The number of fused-ring (bicyclic) bond motifs is 1. The summed E-state index contributed by atoms with van der Waals surface area (Å²) >= 11 is 12.2. The maximum Gasteiger partial charge on any atom is 0.335 e. The monoisotopic (exact) mass is 507 g/mol. The third-order valence-corrected chi connectivity index (χ3v) is 6.38. The number of barbiturate groups is 1. The van der Waals surface area contributed by atoms with E-state index >= 15 is 0 Å². The molecule has 0 bridgehead atoms. The van der Waals surface area contributed by atoms with Crippen molar-refractivity contribution in [3.8, 4) is 0 Å². The van der Waals surface area contributed by atoms with Crippen molar-refractivity contribution in [1.82, 2.24) is 9.88 Å². The zero-order valence-corrected chi connectivity index (χ0v) is 19.5. The van der Waals surface area contributed by atoms with E-state index in [1.807, 2.05) is 41.1 Å². The Morgan fingerprint density at radius 3 is 2.40 bits per heavy atom. The van der Waals surface area contributed by atoms with Gasteiger partial charge in [-0.1, -0.05) is 47.5 Å². The van der Waals surface area contributed by atoms with Crippen molar-refractivity contribution in [2.75, 3.05) is 4.90 Å². The minimum atomic E-state index is -0.897. The molecule has 3 aromatic carbocycles. The zero-order chi connectivity index (χ0) is 24.7. The Kier molecular flexibility index (Phi) is 5.88. The molecule has 1 aliphatic rings. The van der Waals surface area contributed by atoms with Crippen molar-refractivity contribution >= 4 is 63.7 Å². The lowest BCUT2D eigenvalue weighted by molar-refractivity contribution is -0.122. The van der Waals surface area contributed by atoms with Crippen LogP contribution in [0.25, 0.3) is 17.0 Å². The minimum Gasteiger partial charge on any atom is -0.342 e. The number of urea groups is 1. The smallest absolute Gasteiger partial charge is 0.335 e. The molecule has 0 radical (unpaired) electrons. The summed E-state index contributed by atoms with van der Waals surface area (Å²) in [6.45, 7) is 0.473. The van der Waals surface area contributed by atoms with Gasteiger partial charge in [0.2, 0.25) is 0 Å². The quantitative estimate of drug-likeness (QED) is 0.280. The first-order valence-corrected chi connectivity index (χ1v) is 11.3. The van der Waals surface area contributed by atoms with Crippen LogP contribution >= 0.6 is 23.2 Å². The molecule has 4 aromatic rings. The number of imide groups is 2. The lowest BCUT2D eigenvalue weighted by Gasteiger charge is -2.26. The normalized spacial score (nSPS) is 15.2. The summed E-state index contributed by atoms with van der Waals surface area (Å²) in [5.41, 5.74) is 2.34. The van der Waals surface area contributed by atoms with E-state index in [-0.39, 0.29) is 11.3 Å². The average Bonchev–Trinajstić information content (AvgIpc) is 3.17. The molecule has 1 N–H and O–H groups in total. The molecule has 1 saturated heterocycles. The molecule has 1 aliphatic heterocycles. The fourth-order valence-electron chi connectivity index (χ4n) is 3.99. The standard InChI is InChI=1S/C26H16Cl2FN3O3/c27-21-10-5-15(11-22(21)28)13-31-14-16(19-3-1-2-4-23(19)31)12-20-24(33)30-26(35)32(25(20)34)18-8-6-17(29)7-9-18/h1-12,14H,13H2,(H,30,33,35)/b20-12+. The van der Waals surface area contributed by atoms with Crippen LogP contribution in [-0.2, 0) is 16.1 Å². The van der Waals surface area contributed by atoms with E-state index in [9.17, 15) is 18.8 Å². The van der Waals surface area contributed by atoms with Gasteiger partial charge in [0.25, 0.3) is 11.8 Å². The third-order valence-electron chi connectivity index (χ3n) is 5.64. The highest BCUT2D eigenvalue weighted by Crippen LogP contribution is 2.28. The molecule has 0 atom stereocenters. The number of hydrogen-bond donors (Lipinski definition) is 1. The number of anilines is 1. The maximum atomic E-state index is 13.3. The fraction of sp³-hybridized carbons (Fsp3) is 0.0385. The van der Waals surface area contributed by atoms with Crippen LogP contribution in [0.2, 0.25) is 10.0 Å². The topological polar surface area (TPSA) is 71.4 Å². The van der Waals surface area contributed by atoms with Crippen LogP contribution in [0.1, 0.15) is 11.1 Å². The van der Waals surface area contributed by atoms with Crippen molar-refractivity contribution < 1.29 is 18.8 Å². The first-order chi connectivity index (χ1) is 16.8. The molecule has 1 fully saturated rings. The third kappa shape index (κ3) is 4.32. The van der Waals surface area contributed by atoms with Crippen LogP contribution in [0.5, 0.6) is 0 Å². The van der Waals surface area contributed by atoms with Crippen LogP contribution in [0.3, 0.4) is 0 Å². The van der Waals surface area contributed by atoms with E-state index < -0.39 is 23.7 Å². The first kappa shape index (κ1) is 22.8. The van der Waals surface area contributed by atoms with Crippen LogP contribution < -0.4 is 10.2 Å². The largest absolute Gasteiger partial charge is 0.342 e. The summed E-state index contributed by atoms with van der Waals surface area (Å²) in [7, 11) is 0. The molecule has 9 heteroatoms. The summed E-state index contributed by atoms with van der Waals surface area (Å²) in [6.07, 6.45) is 3.27. The molecule has 4 amide bonds. The van der Waals surface area contributed by atoms with Crippen molar-refractivity contribution in [3.63, 3.8) is 0 Å². The molecule has 2 heterocycles. The molecule has 0 aliphatic carbocycles. The van der Waals surface area contributed by atoms with Gasteiger partial charge in [0.15, 0.2) is 0 Å². The van der Waals surface area contributed by atoms with Gasteiger partial charge in [-0.05, 0) is 54.1 Å². The van der Waals surface area contributed by atoms with Gasteiger partial charge in [-0.2, -0.15) is 0 Å². The second-order valence-electron chi connectivity index (χ2n) is 7.91. The second kappa shape index (κ2) is 9.02. The van der Waals surface area contributed by atoms with Crippen molar-refractivity contribution in [2.24, 2.45) is 0 Å². The second-order valence-corrected chi connectivity index (χ2v) is 8.73. The van der Waals surface area contributed by atoms with Gasteiger partial charge in [-0.15, -0.1) is 0 Å². The predicted octanol–water partition coefficient (Wildman–Crippen LogP) is 5.80. The molecule has 0 spiro atoms. The van der Waals surface area contributed by atoms with Crippen molar-refractivity contribution in [1.29, 1.82) is 0 Å². The summed E-state index contributed by atoms with van der Waals surface area (Å²) in [6, 6.07) is 16.9. The number of hydrogen-bond acceptors (Lipinski definition) is 3. The molecule has 174 valence electrons. The number of carbonyl (C=O) groups is 3. The Balaban J connectivity index is 1.56. The predicted molar refractivity (Wildman–Crippen MR) is 133 cm³/mol. The van der Waals surface area contributed by atoms with Crippen molar-refractivity contribution in [2.45, 2.75) is 6.54 Å². The molecule has 35 heavy (non-hydrogen) atoms. The first-order valence-electron chi connectivity index (χ1n) is 10.5. The summed E-state index contributed by atoms with van der Waals surface area (Å²) in [5.74, 6) is -2.12. The number of halogens is 3. The highest BCUT2D eigenvalue weighted by atomic mass is 35.5. The average molecular weight is 508 g/mol. The van der Waals surface area contributed by atoms with Crippen LogP contribution in [0.4, 0.5) is 14.9 Å². The van der Waals surface area contributed by atoms with Gasteiger partial charge in [0.1, 0.15) is 11.4 Å². The van der Waals surface area contributed by atoms with Gasteiger partial charge in [-0.25, -0.2) is 14.1 Å². The van der Waals surface area contributed by atoms with E-state index in [1.165, 1.54) is 18.2 Å².